The van der Waals surface area contributed by atoms with Crippen molar-refractivity contribution in [2.75, 3.05) is 7.11 Å². The molecule has 0 bridgehead atoms. The van der Waals surface area contributed by atoms with Gasteiger partial charge in [0, 0.05) is 0 Å². The summed E-state index contributed by atoms with van der Waals surface area (Å²) in [5, 5.41) is 0. The number of rotatable bonds is 4. The predicted molar refractivity (Wildman–Crippen MR) is 56.4 cm³/mol. The van der Waals surface area contributed by atoms with Gasteiger partial charge in [-0.3, -0.25) is 9.63 Å². The van der Waals surface area contributed by atoms with Crippen molar-refractivity contribution in [1.29, 1.82) is 0 Å². The van der Waals surface area contributed by atoms with Gasteiger partial charge in [-0.1, -0.05) is 12.1 Å². The first-order valence-corrected chi connectivity index (χ1v) is 4.69. The summed E-state index contributed by atoms with van der Waals surface area (Å²) >= 11 is 0. The van der Waals surface area contributed by atoms with Crippen LogP contribution in [0.25, 0.3) is 0 Å². The second kappa shape index (κ2) is 5.36. The van der Waals surface area contributed by atoms with Crippen molar-refractivity contribution < 1.29 is 14.4 Å². The summed E-state index contributed by atoms with van der Waals surface area (Å²) in [5.74, 6) is 0.368. The monoisotopic (exact) mass is 209 g/mol. The quantitative estimate of drug-likeness (QED) is 0.763. The van der Waals surface area contributed by atoms with Gasteiger partial charge in [-0.05, 0) is 31.5 Å². The Morgan fingerprint density at radius 3 is 2.80 bits per heavy atom. The molecule has 0 aromatic heterocycles. The van der Waals surface area contributed by atoms with Gasteiger partial charge in [-0.15, -0.1) is 0 Å². The molecule has 4 nitrogen and oxygen atoms in total. The van der Waals surface area contributed by atoms with Gasteiger partial charge in [0.2, 0.25) is 0 Å². The number of hydroxylamine groups is 1. The largest absolute Gasteiger partial charge is 0.481 e. The number of carbonyl (C=O) groups is 1. The van der Waals surface area contributed by atoms with E-state index in [1.807, 2.05) is 31.2 Å². The molecule has 1 aromatic rings. The molecular formula is C11H15NO3. The lowest BCUT2D eigenvalue weighted by Crippen LogP contribution is -2.35. The van der Waals surface area contributed by atoms with Crippen molar-refractivity contribution in [2.24, 2.45) is 0 Å². The Labute approximate surface area is 89.1 Å². The van der Waals surface area contributed by atoms with E-state index in [1.54, 1.807) is 6.92 Å². The van der Waals surface area contributed by atoms with Crippen LogP contribution in [0.1, 0.15) is 12.5 Å². The van der Waals surface area contributed by atoms with Crippen molar-refractivity contribution in [3.05, 3.63) is 29.8 Å². The molecule has 0 aliphatic rings. The predicted octanol–water partition coefficient (Wildman–Crippen LogP) is 1.44. The Kier molecular flexibility index (Phi) is 4.12. The van der Waals surface area contributed by atoms with Crippen molar-refractivity contribution in [1.82, 2.24) is 5.48 Å². The molecule has 1 aromatic carbocycles. The second-order valence-corrected chi connectivity index (χ2v) is 3.25. The molecule has 1 N–H and O–H groups in total. The summed E-state index contributed by atoms with van der Waals surface area (Å²) in [7, 11) is 1.39. The Hall–Kier alpha value is -1.55. The van der Waals surface area contributed by atoms with E-state index in [1.165, 1.54) is 7.11 Å². The Morgan fingerprint density at radius 2 is 2.20 bits per heavy atom. The maximum Gasteiger partial charge on any atom is 0.284 e. The molecule has 0 saturated carbocycles. The van der Waals surface area contributed by atoms with Gasteiger partial charge in [0.15, 0.2) is 6.10 Å². The van der Waals surface area contributed by atoms with Crippen molar-refractivity contribution in [2.45, 2.75) is 20.0 Å². The van der Waals surface area contributed by atoms with Gasteiger partial charge >= 0.3 is 0 Å². The normalized spacial score (nSPS) is 11.9. The third-order valence-electron chi connectivity index (χ3n) is 1.87. The number of aryl methyl sites for hydroxylation is 1. The highest BCUT2D eigenvalue weighted by Gasteiger charge is 2.13. The van der Waals surface area contributed by atoms with Crippen LogP contribution in [0.4, 0.5) is 0 Å². The molecule has 1 unspecified atom stereocenters. The minimum atomic E-state index is -0.577. The highest BCUT2D eigenvalue weighted by molar-refractivity contribution is 5.79. The first kappa shape index (κ1) is 11.5. The summed E-state index contributed by atoms with van der Waals surface area (Å²) in [6.07, 6.45) is -0.577. The number of hydrogen-bond acceptors (Lipinski definition) is 3. The van der Waals surface area contributed by atoms with E-state index in [0.29, 0.717) is 5.75 Å². The average molecular weight is 209 g/mol. The van der Waals surface area contributed by atoms with E-state index in [0.717, 1.165) is 5.56 Å². The maximum absolute atomic E-state index is 11.3. The van der Waals surface area contributed by atoms with Crippen LogP contribution in [-0.2, 0) is 9.63 Å². The average Bonchev–Trinajstić information content (AvgIpc) is 2.18. The minimum absolute atomic E-state index is 0.306. The van der Waals surface area contributed by atoms with Gasteiger partial charge in [0.25, 0.3) is 5.91 Å². The SMILES string of the molecule is CONC(=O)C(C)Oc1cccc(C)c1. The first-order valence-electron chi connectivity index (χ1n) is 4.69. The summed E-state index contributed by atoms with van der Waals surface area (Å²) in [6, 6.07) is 7.53. The number of hydrogen-bond donors (Lipinski definition) is 1. The van der Waals surface area contributed by atoms with Crippen LogP contribution in [0.2, 0.25) is 0 Å². The highest BCUT2D eigenvalue weighted by Crippen LogP contribution is 2.13. The minimum Gasteiger partial charge on any atom is -0.481 e. The number of benzene rings is 1. The Balaban J connectivity index is 2.58. The third kappa shape index (κ3) is 3.59. The van der Waals surface area contributed by atoms with Gasteiger partial charge in [0.05, 0.1) is 7.11 Å². The summed E-state index contributed by atoms with van der Waals surface area (Å²) in [4.78, 5) is 15.8. The third-order valence-corrected chi connectivity index (χ3v) is 1.87. The zero-order valence-electron chi connectivity index (χ0n) is 9.11. The van der Waals surface area contributed by atoms with E-state index < -0.39 is 6.10 Å². The lowest BCUT2D eigenvalue weighted by Gasteiger charge is -2.13. The van der Waals surface area contributed by atoms with Crippen LogP contribution in [-0.4, -0.2) is 19.1 Å². The molecule has 0 aliphatic carbocycles. The van der Waals surface area contributed by atoms with Crippen LogP contribution >= 0.6 is 0 Å². The van der Waals surface area contributed by atoms with E-state index in [-0.39, 0.29) is 5.91 Å². The zero-order chi connectivity index (χ0) is 11.3. The van der Waals surface area contributed by atoms with Crippen LogP contribution in [0.3, 0.4) is 0 Å². The van der Waals surface area contributed by atoms with Crippen molar-refractivity contribution in [3.8, 4) is 5.75 Å². The van der Waals surface area contributed by atoms with Crippen LogP contribution < -0.4 is 10.2 Å². The Morgan fingerprint density at radius 1 is 1.47 bits per heavy atom. The fourth-order valence-corrected chi connectivity index (χ4v) is 1.13. The molecule has 0 spiro atoms. The molecule has 0 saturated heterocycles. The fraction of sp³-hybridized carbons (Fsp3) is 0.364. The second-order valence-electron chi connectivity index (χ2n) is 3.25. The van der Waals surface area contributed by atoms with Crippen molar-refractivity contribution >= 4 is 5.91 Å². The molecule has 82 valence electrons. The highest BCUT2D eigenvalue weighted by atomic mass is 16.6. The lowest BCUT2D eigenvalue weighted by molar-refractivity contribution is -0.137. The topological polar surface area (TPSA) is 47.6 Å². The molecular weight excluding hydrogens is 194 g/mol. The number of nitrogens with one attached hydrogen (secondary N) is 1. The number of amides is 1. The Bertz CT molecular complexity index is 338. The van der Waals surface area contributed by atoms with Crippen LogP contribution in [0.5, 0.6) is 5.75 Å². The van der Waals surface area contributed by atoms with Crippen LogP contribution in [0.15, 0.2) is 24.3 Å². The van der Waals surface area contributed by atoms with Gasteiger partial charge in [0.1, 0.15) is 5.75 Å². The van der Waals surface area contributed by atoms with E-state index >= 15 is 0 Å². The van der Waals surface area contributed by atoms with E-state index in [9.17, 15) is 4.79 Å². The van der Waals surface area contributed by atoms with Gasteiger partial charge in [-0.2, -0.15) is 0 Å². The summed E-state index contributed by atoms with van der Waals surface area (Å²) in [6.45, 7) is 3.63. The molecule has 0 heterocycles. The van der Waals surface area contributed by atoms with Gasteiger partial charge in [-0.25, -0.2) is 5.48 Å². The molecule has 0 fully saturated rings. The van der Waals surface area contributed by atoms with E-state index in [4.69, 9.17) is 4.74 Å². The van der Waals surface area contributed by atoms with Crippen LogP contribution in [0, 0.1) is 6.92 Å². The lowest BCUT2D eigenvalue weighted by atomic mass is 10.2. The number of carbonyl (C=O) groups excluding carboxylic acids is 1. The zero-order valence-corrected chi connectivity index (χ0v) is 9.11. The smallest absolute Gasteiger partial charge is 0.284 e. The summed E-state index contributed by atoms with van der Waals surface area (Å²) in [5.41, 5.74) is 3.31. The molecule has 1 rings (SSSR count). The molecule has 1 amide bonds. The van der Waals surface area contributed by atoms with Crippen molar-refractivity contribution in [3.63, 3.8) is 0 Å². The molecule has 0 radical (unpaired) electrons. The fourth-order valence-electron chi connectivity index (χ4n) is 1.13. The molecule has 15 heavy (non-hydrogen) atoms. The standard InChI is InChI=1S/C11H15NO3/c1-8-5-4-6-10(7-8)15-9(2)11(13)12-14-3/h4-7,9H,1-3H3,(H,12,13). The molecule has 4 heteroatoms. The number of ether oxygens (including phenoxy) is 1. The first-order chi connectivity index (χ1) is 7.13. The molecule has 1 atom stereocenters. The van der Waals surface area contributed by atoms with Gasteiger partial charge < -0.3 is 4.74 Å². The van der Waals surface area contributed by atoms with E-state index in [2.05, 4.69) is 10.3 Å². The summed E-state index contributed by atoms with van der Waals surface area (Å²) < 4.78 is 5.42. The maximum atomic E-state index is 11.3. The molecule has 0 aliphatic heterocycles.